The zero-order chi connectivity index (χ0) is 17.9. The van der Waals surface area contributed by atoms with Crippen molar-refractivity contribution < 1.29 is 18.8 Å². The number of carbonyl (C=O) groups is 1. The molecule has 8 nitrogen and oxygen atoms in total. The molecule has 2 amide bonds. The topological polar surface area (TPSA) is 113 Å². The van der Waals surface area contributed by atoms with E-state index in [1.54, 1.807) is 26.0 Å². The van der Waals surface area contributed by atoms with Crippen LogP contribution in [0.25, 0.3) is 0 Å². The summed E-state index contributed by atoms with van der Waals surface area (Å²) in [5.41, 5.74) is -1.29. The summed E-state index contributed by atoms with van der Waals surface area (Å²) in [4.78, 5) is 16.5. The highest BCUT2D eigenvalue weighted by atomic mass is 16.5. The molecular formula is C17H24N4O4. The summed E-state index contributed by atoms with van der Waals surface area (Å²) >= 11 is 0. The second kappa shape index (κ2) is 7.26. The summed E-state index contributed by atoms with van der Waals surface area (Å²) in [5, 5.41) is 19.7. The highest BCUT2D eigenvalue weighted by molar-refractivity contribution is 5.74. The number of urea groups is 1. The minimum absolute atomic E-state index is 0.0101. The van der Waals surface area contributed by atoms with Crippen molar-refractivity contribution in [1.29, 1.82) is 0 Å². The first kappa shape index (κ1) is 17.5. The van der Waals surface area contributed by atoms with E-state index in [4.69, 9.17) is 8.94 Å². The van der Waals surface area contributed by atoms with E-state index in [1.165, 1.54) is 19.1 Å². The quantitative estimate of drug-likeness (QED) is 0.739. The summed E-state index contributed by atoms with van der Waals surface area (Å²) in [5.74, 6) is 1.86. The zero-order valence-corrected chi connectivity index (χ0v) is 14.5. The minimum Gasteiger partial charge on any atom is -0.466 e. The van der Waals surface area contributed by atoms with Gasteiger partial charge in [-0.15, -0.1) is 0 Å². The highest BCUT2D eigenvalue weighted by Gasteiger charge is 2.28. The van der Waals surface area contributed by atoms with Crippen molar-refractivity contribution in [3.63, 3.8) is 0 Å². The molecule has 0 radical (unpaired) electrons. The van der Waals surface area contributed by atoms with E-state index in [2.05, 4.69) is 20.8 Å². The molecule has 2 aromatic rings. The maximum Gasteiger partial charge on any atom is 0.315 e. The first-order valence-corrected chi connectivity index (χ1v) is 8.60. The second-order valence-corrected chi connectivity index (χ2v) is 6.77. The van der Waals surface area contributed by atoms with Gasteiger partial charge in [0.1, 0.15) is 17.4 Å². The van der Waals surface area contributed by atoms with Crippen molar-refractivity contribution >= 4 is 6.03 Å². The van der Waals surface area contributed by atoms with Gasteiger partial charge >= 0.3 is 6.03 Å². The first-order chi connectivity index (χ1) is 12.0. The van der Waals surface area contributed by atoms with E-state index in [1.807, 2.05) is 0 Å². The smallest absolute Gasteiger partial charge is 0.315 e. The molecule has 3 rings (SSSR count). The SMILES string of the molecule is C[C@H](NC(=O)NC[C@](C)(O)c1ccco1)c1nc(C2CCCC2)no1. The Morgan fingerprint density at radius 3 is 2.92 bits per heavy atom. The van der Waals surface area contributed by atoms with Crippen molar-refractivity contribution in [2.75, 3.05) is 6.54 Å². The fraction of sp³-hybridized carbons (Fsp3) is 0.588. The van der Waals surface area contributed by atoms with Crippen molar-refractivity contribution in [2.45, 2.75) is 57.1 Å². The predicted molar refractivity (Wildman–Crippen MR) is 88.7 cm³/mol. The maximum atomic E-state index is 12.1. The van der Waals surface area contributed by atoms with Crippen LogP contribution in [-0.4, -0.2) is 27.8 Å². The van der Waals surface area contributed by atoms with Crippen LogP contribution in [0.4, 0.5) is 4.79 Å². The van der Waals surface area contributed by atoms with Gasteiger partial charge in [-0.2, -0.15) is 4.98 Å². The van der Waals surface area contributed by atoms with Crippen LogP contribution in [0.5, 0.6) is 0 Å². The Morgan fingerprint density at radius 1 is 1.48 bits per heavy atom. The molecule has 2 aromatic heterocycles. The third kappa shape index (κ3) is 4.19. The summed E-state index contributed by atoms with van der Waals surface area (Å²) < 4.78 is 10.5. The lowest BCUT2D eigenvalue weighted by molar-refractivity contribution is 0.0366. The van der Waals surface area contributed by atoms with Gasteiger partial charge in [-0.05, 0) is 38.8 Å². The summed E-state index contributed by atoms with van der Waals surface area (Å²) in [6.45, 7) is 3.36. The van der Waals surface area contributed by atoms with Crippen molar-refractivity contribution in [3.8, 4) is 0 Å². The molecule has 3 N–H and O–H groups in total. The molecule has 1 aliphatic rings. The molecule has 0 spiro atoms. The molecule has 1 aliphatic carbocycles. The van der Waals surface area contributed by atoms with Crippen LogP contribution in [0.2, 0.25) is 0 Å². The molecule has 2 atom stereocenters. The third-order valence-electron chi connectivity index (χ3n) is 4.54. The zero-order valence-electron chi connectivity index (χ0n) is 14.5. The minimum atomic E-state index is -1.29. The van der Waals surface area contributed by atoms with Gasteiger partial charge in [-0.3, -0.25) is 0 Å². The molecule has 2 heterocycles. The number of rotatable bonds is 6. The van der Waals surface area contributed by atoms with Gasteiger partial charge < -0.3 is 24.7 Å². The van der Waals surface area contributed by atoms with Crippen LogP contribution in [0, 0.1) is 0 Å². The lowest BCUT2D eigenvalue weighted by Crippen LogP contribution is -2.44. The number of carbonyl (C=O) groups excluding carboxylic acids is 1. The fourth-order valence-electron chi connectivity index (χ4n) is 3.01. The average molecular weight is 348 g/mol. The molecular weight excluding hydrogens is 324 g/mol. The lowest BCUT2D eigenvalue weighted by atomic mass is 10.0. The van der Waals surface area contributed by atoms with Crippen molar-refractivity contribution in [3.05, 3.63) is 35.9 Å². The number of nitrogens with zero attached hydrogens (tertiary/aromatic N) is 2. The van der Waals surface area contributed by atoms with Crippen LogP contribution in [-0.2, 0) is 5.60 Å². The van der Waals surface area contributed by atoms with Gasteiger partial charge in [0.15, 0.2) is 5.82 Å². The molecule has 0 saturated heterocycles. The Bertz CT molecular complexity index is 689. The van der Waals surface area contributed by atoms with Gasteiger partial charge in [0, 0.05) is 5.92 Å². The van der Waals surface area contributed by atoms with Crippen LogP contribution in [0.1, 0.15) is 69.0 Å². The van der Waals surface area contributed by atoms with Crippen LogP contribution >= 0.6 is 0 Å². The standard InChI is InChI=1S/C17H24N4O4/c1-11(15-20-14(21-25-15)12-6-3-4-7-12)19-16(22)18-10-17(2,23)13-8-5-9-24-13/h5,8-9,11-12,23H,3-4,6-7,10H2,1-2H3,(H2,18,19,22)/t11-,17-/m0/s1. The van der Waals surface area contributed by atoms with Crippen molar-refractivity contribution in [1.82, 2.24) is 20.8 Å². The number of hydrogen-bond acceptors (Lipinski definition) is 6. The van der Waals surface area contributed by atoms with Gasteiger partial charge in [-0.1, -0.05) is 18.0 Å². The number of hydrogen-bond donors (Lipinski definition) is 3. The first-order valence-electron chi connectivity index (χ1n) is 8.60. The summed E-state index contributed by atoms with van der Waals surface area (Å²) in [6.07, 6.45) is 6.04. The van der Waals surface area contributed by atoms with E-state index < -0.39 is 17.7 Å². The predicted octanol–water partition coefficient (Wildman–Crippen LogP) is 2.59. The molecule has 136 valence electrons. The normalized spacial score (nSPS) is 18.7. The molecule has 1 fully saturated rings. The van der Waals surface area contributed by atoms with E-state index in [0.717, 1.165) is 18.7 Å². The molecule has 0 aromatic carbocycles. The van der Waals surface area contributed by atoms with Crippen molar-refractivity contribution in [2.24, 2.45) is 0 Å². The third-order valence-corrected chi connectivity index (χ3v) is 4.54. The van der Waals surface area contributed by atoms with E-state index in [-0.39, 0.29) is 6.54 Å². The highest BCUT2D eigenvalue weighted by Crippen LogP contribution is 2.32. The molecule has 8 heteroatoms. The molecule has 0 unspecified atom stereocenters. The Balaban J connectivity index is 1.50. The molecule has 0 aliphatic heterocycles. The molecule has 25 heavy (non-hydrogen) atoms. The average Bonchev–Trinajstić information content (AvgIpc) is 3.34. The second-order valence-electron chi connectivity index (χ2n) is 6.77. The molecule has 1 saturated carbocycles. The number of nitrogens with one attached hydrogen (secondary N) is 2. The Morgan fingerprint density at radius 2 is 2.24 bits per heavy atom. The van der Waals surface area contributed by atoms with Gasteiger partial charge in [0.05, 0.1) is 12.8 Å². The van der Waals surface area contributed by atoms with Gasteiger partial charge in [-0.25, -0.2) is 4.79 Å². The van der Waals surface area contributed by atoms with Gasteiger partial charge in [0.2, 0.25) is 5.89 Å². The van der Waals surface area contributed by atoms with E-state index >= 15 is 0 Å². The summed E-state index contributed by atoms with van der Waals surface area (Å²) in [7, 11) is 0. The fourth-order valence-corrected chi connectivity index (χ4v) is 3.01. The lowest BCUT2D eigenvalue weighted by Gasteiger charge is -2.21. The Hall–Kier alpha value is -2.35. The van der Waals surface area contributed by atoms with E-state index in [9.17, 15) is 9.90 Å². The van der Waals surface area contributed by atoms with Crippen LogP contribution in [0.3, 0.4) is 0 Å². The Labute approximate surface area is 146 Å². The summed E-state index contributed by atoms with van der Waals surface area (Å²) in [6, 6.07) is 2.49. The van der Waals surface area contributed by atoms with Gasteiger partial charge in [0.25, 0.3) is 0 Å². The number of amides is 2. The monoisotopic (exact) mass is 348 g/mol. The van der Waals surface area contributed by atoms with Crippen LogP contribution in [0.15, 0.2) is 27.3 Å². The number of aliphatic hydroxyl groups is 1. The number of furan rings is 1. The largest absolute Gasteiger partial charge is 0.466 e. The number of aromatic nitrogens is 2. The maximum absolute atomic E-state index is 12.1. The Kier molecular flexibility index (Phi) is 5.08. The van der Waals surface area contributed by atoms with Crippen LogP contribution < -0.4 is 10.6 Å². The van der Waals surface area contributed by atoms with E-state index in [0.29, 0.717) is 17.6 Å². The molecule has 0 bridgehead atoms.